The van der Waals surface area contributed by atoms with Gasteiger partial charge >= 0.3 is 12.2 Å². The van der Waals surface area contributed by atoms with Gasteiger partial charge in [-0.2, -0.15) is 0 Å². The van der Waals surface area contributed by atoms with Crippen LogP contribution in [0.5, 0.6) is 11.5 Å². The van der Waals surface area contributed by atoms with Crippen molar-refractivity contribution in [2.75, 3.05) is 34.8 Å². The van der Waals surface area contributed by atoms with Crippen LogP contribution in [0, 0.1) is 0 Å². The summed E-state index contributed by atoms with van der Waals surface area (Å²) in [5.41, 5.74) is 0.806. The highest BCUT2D eigenvalue weighted by atomic mass is 16.6. The average Bonchev–Trinajstić information content (AvgIpc) is 3.22. The Hall–Kier alpha value is -2.28. The molecule has 1 aliphatic rings. The molecule has 1 aromatic carbocycles. The Bertz CT molecular complexity index is 512. The lowest BCUT2D eigenvalue weighted by Gasteiger charge is -2.14. The molecule has 1 atom stereocenters. The first-order valence-corrected chi connectivity index (χ1v) is 6.41. The highest BCUT2D eigenvalue weighted by Crippen LogP contribution is 2.35. The molecule has 0 spiro atoms. The van der Waals surface area contributed by atoms with Crippen molar-refractivity contribution in [2.24, 2.45) is 0 Å². The Balaban J connectivity index is 2.21. The fraction of sp³-hybridized carbons (Fsp3) is 0.429. The summed E-state index contributed by atoms with van der Waals surface area (Å²) in [6.07, 6.45) is -1.05. The van der Waals surface area contributed by atoms with E-state index in [1.165, 1.54) is 15.9 Å². The molecule has 0 radical (unpaired) electrons. The van der Waals surface area contributed by atoms with Crippen molar-refractivity contribution in [1.29, 1.82) is 0 Å². The van der Waals surface area contributed by atoms with Crippen LogP contribution in [0.1, 0.15) is 11.7 Å². The van der Waals surface area contributed by atoms with Crippen molar-refractivity contribution in [3.63, 3.8) is 0 Å². The van der Waals surface area contributed by atoms with Crippen LogP contribution in [0.25, 0.3) is 0 Å². The maximum absolute atomic E-state index is 11.6. The van der Waals surface area contributed by atoms with Gasteiger partial charge in [-0.05, 0) is 17.7 Å². The second kappa shape index (κ2) is 6.01. The van der Waals surface area contributed by atoms with Crippen LogP contribution >= 0.6 is 0 Å². The Labute approximate surface area is 123 Å². The van der Waals surface area contributed by atoms with E-state index in [0.717, 1.165) is 5.56 Å². The minimum atomic E-state index is -0.506. The van der Waals surface area contributed by atoms with Gasteiger partial charge < -0.3 is 24.0 Å². The largest absolute Gasteiger partial charge is 0.414 e. The van der Waals surface area contributed by atoms with Crippen LogP contribution < -0.4 is 9.47 Å². The van der Waals surface area contributed by atoms with Gasteiger partial charge in [-0.3, -0.25) is 0 Å². The molecule has 0 aromatic heterocycles. The molecule has 21 heavy (non-hydrogen) atoms. The molecule has 7 heteroatoms. The van der Waals surface area contributed by atoms with Gasteiger partial charge in [0, 0.05) is 34.3 Å². The van der Waals surface area contributed by atoms with Gasteiger partial charge in [0.25, 0.3) is 0 Å². The van der Waals surface area contributed by atoms with Crippen molar-refractivity contribution in [2.45, 2.75) is 6.10 Å². The Morgan fingerprint density at radius 1 is 1.00 bits per heavy atom. The molecule has 2 rings (SSSR count). The van der Waals surface area contributed by atoms with Gasteiger partial charge in [-0.25, -0.2) is 9.59 Å². The fourth-order valence-corrected chi connectivity index (χ4v) is 1.52. The maximum Gasteiger partial charge on any atom is 0.414 e. The van der Waals surface area contributed by atoms with E-state index in [0.29, 0.717) is 18.1 Å². The van der Waals surface area contributed by atoms with E-state index in [1.807, 2.05) is 0 Å². The fourth-order valence-electron chi connectivity index (χ4n) is 1.52. The predicted molar refractivity (Wildman–Crippen MR) is 74.6 cm³/mol. The first-order valence-electron chi connectivity index (χ1n) is 6.41. The first kappa shape index (κ1) is 15.1. The Morgan fingerprint density at radius 2 is 1.43 bits per heavy atom. The number of hydrogen-bond acceptors (Lipinski definition) is 5. The number of ether oxygens (including phenoxy) is 3. The summed E-state index contributed by atoms with van der Waals surface area (Å²) >= 11 is 0. The van der Waals surface area contributed by atoms with Gasteiger partial charge in [-0.15, -0.1) is 0 Å². The van der Waals surface area contributed by atoms with E-state index in [4.69, 9.17) is 14.2 Å². The quantitative estimate of drug-likeness (QED) is 0.796. The maximum atomic E-state index is 11.6. The van der Waals surface area contributed by atoms with Gasteiger partial charge in [0.15, 0.2) is 0 Å². The molecule has 0 saturated carbocycles. The van der Waals surface area contributed by atoms with E-state index >= 15 is 0 Å². The van der Waals surface area contributed by atoms with E-state index in [1.54, 1.807) is 40.3 Å². The second-order valence-electron chi connectivity index (χ2n) is 5.08. The summed E-state index contributed by atoms with van der Waals surface area (Å²) in [4.78, 5) is 25.8. The zero-order valence-electron chi connectivity index (χ0n) is 12.5. The van der Waals surface area contributed by atoms with Gasteiger partial charge in [0.05, 0.1) is 6.61 Å². The highest BCUT2D eigenvalue weighted by molar-refractivity contribution is 5.72. The summed E-state index contributed by atoms with van der Waals surface area (Å²) in [5.74, 6) is 0.617. The average molecular weight is 294 g/mol. The number of amides is 2. The molecule has 1 heterocycles. The van der Waals surface area contributed by atoms with Crippen LogP contribution in [0.2, 0.25) is 0 Å². The van der Waals surface area contributed by atoms with Crippen molar-refractivity contribution < 1.29 is 23.8 Å². The normalized spacial score (nSPS) is 16.1. The summed E-state index contributed by atoms with van der Waals surface area (Å²) in [5, 5.41) is 0. The highest BCUT2D eigenvalue weighted by Gasteiger charge is 2.26. The van der Waals surface area contributed by atoms with Gasteiger partial charge in [0.1, 0.15) is 17.6 Å². The molecule has 7 nitrogen and oxygen atoms in total. The zero-order valence-corrected chi connectivity index (χ0v) is 12.5. The SMILES string of the molecule is CN(C)C(=O)Oc1cc(OC(=O)N(C)C)cc([C@@H]2CO2)c1. The van der Waals surface area contributed by atoms with Crippen molar-refractivity contribution >= 4 is 12.2 Å². The summed E-state index contributed by atoms with van der Waals surface area (Å²) in [6.45, 7) is 0.603. The molecule has 2 amide bonds. The third-order valence-corrected chi connectivity index (χ3v) is 2.75. The summed E-state index contributed by atoms with van der Waals surface area (Å²) < 4.78 is 15.6. The minimum Gasteiger partial charge on any atom is -0.410 e. The molecular formula is C14H18N2O5. The lowest BCUT2D eigenvalue weighted by atomic mass is 10.1. The third kappa shape index (κ3) is 4.09. The number of nitrogens with zero attached hydrogens (tertiary/aromatic N) is 2. The second-order valence-corrected chi connectivity index (χ2v) is 5.08. The lowest BCUT2D eigenvalue weighted by molar-refractivity contribution is 0.170. The third-order valence-electron chi connectivity index (χ3n) is 2.75. The van der Waals surface area contributed by atoms with Crippen molar-refractivity contribution in [3.8, 4) is 11.5 Å². The van der Waals surface area contributed by atoms with Crippen molar-refractivity contribution in [3.05, 3.63) is 23.8 Å². The minimum absolute atomic E-state index is 0.0418. The number of hydrogen-bond donors (Lipinski definition) is 0. The Kier molecular flexibility index (Phi) is 4.32. The molecule has 0 aliphatic carbocycles. The van der Waals surface area contributed by atoms with Gasteiger partial charge in [-0.1, -0.05) is 0 Å². The van der Waals surface area contributed by atoms with E-state index < -0.39 is 12.2 Å². The summed E-state index contributed by atoms with van der Waals surface area (Å²) in [7, 11) is 6.35. The van der Waals surface area contributed by atoms with Crippen molar-refractivity contribution in [1.82, 2.24) is 9.80 Å². The molecule has 0 N–H and O–H groups in total. The molecular weight excluding hydrogens is 276 g/mol. The topological polar surface area (TPSA) is 71.6 Å². The number of benzene rings is 1. The van der Waals surface area contributed by atoms with E-state index in [-0.39, 0.29) is 6.10 Å². The number of rotatable bonds is 3. The Morgan fingerprint density at radius 3 is 1.76 bits per heavy atom. The monoisotopic (exact) mass is 294 g/mol. The molecule has 0 unspecified atom stereocenters. The molecule has 1 saturated heterocycles. The molecule has 1 aliphatic heterocycles. The van der Waals surface area contributed by atoms with Crippen LogP contribution in [0.4, 0.5) is 9.59 Å². The van der Waals surface area contributed by atoms with Crippen LogP contribution in [-0.2, 0) is 4.74 Å². The molecule has 1 aromatic rings. The molecule has 1 fully saturated rings. The van der Waals surface area contributed by atoms with E-state index in [2.05, 4.69) is 0 Å². The van der Waals surface area contributed by atoms with E-state index in [9.17, 15) is 9.59 Å². The molecule has 114 valence electrons. The standard InChI is InChI=1S/C14H18N2O5/c1-15(2)13(17)20-10-5-9(12-8-19-12)6-11(7-10)21-14(18)16(3)4/h5-7,12H,8H2,1-4H3/t12-/m0/s1. The van der Waals surface area contributed by atoms with Gasteiger partial charge in [0.2, 0.25) is 0 Å². The predicted octanol–water partition coefficient (Wildman–Crippen LogP) is 1.88. The van der Waals surface area contributed by atoms with Crippen LogP contribution in [0.3, 0.4) is 0 Å². The first-order chi connectivity index (χ1) is 9.86. The number of epoxide rings is 1. The van der Waals surface area contributed by atoms with Crippen LogP contribution in [-0.4, -0.2) is 56.8 Å². The number of carbonyl (C=O) groups excluding carboxylic acids is 2. The summed E-state index contributed by atoms with van der Waals surface area (Å²) in [6, 6.07) is 4.90. The molecule has 0 bridgehead atoms. The lowest BCUT2D eigenvalue weighted by Crippen LogP contribution is -2.26. The van der Waals surface area contributed by atoms with Crippen LogP contribution in [0.15, 0.2) is 18.2 Å². The zero-order chi connectivity index (χ0) is 15.6. The number of carbonyl (C=O) groups is 2. The smallest absolute Gasteiger partial charge is 0.410 e.